The van der Waals surface area contributed by atoms with Gasteiger partial charge >= 0.3 is 0 Å². The number of carbonyl (C=O) groups is 1. The predicted molar refractivity (Wildman–Crippen MR) is 109 cm³/mol. The van der Waals surface area contributed by atoms with Crippen LogP contribution in [-0.4, -0.2) is 44.1 Å². The largest absolute Gasteiger partial charge is 0.334 e. The molecular weight excluding hydrogens is 378 g/mol. The zero-order valence-corrected chi connectivity index (χ0v) is 17.0. The first-order valence-corrected chi connectivity index (χ1v) is 9.79. The van der Waals surface area contributed by atoms with Crippen molar-refractivity contribution in [3.8, 4) is 0 Å². The molecule has 1 aliphatic heterocycles. The first-order chi connectivity index (χ1) is 13.1. The number of hydrogen-bond acceptors (Lipinski definition) is 4. The molecule has 2 aliphatic rings. The molecule has 1 aliphatic carbocycles. The molecule has 1 N–H and O–H groups in total. The van der Waals surface area contributed by atoms with Crippen LogP contribution in [0.5, 0.6) is 0 Å². The monoisotopic (exact) mass is 405 g/mol. The van der Waals surface area contributed by atoms with E-state index in [1.807, 2.05) is 11.1 Å². The van der Waals surface area contributed by atoms with Crippen molar-refractivity contribution < 1.29 is 4.79 Å². The third-order valence-electron chi connectivity index (χ3n) is 6.10. The van der Waals surface area contributed by atoms with Gasteiger partial charge in [0, 0.05) is 37.2 Å². The van der Waals surface area contributed by atoms with E-state index >= 15 is 0 Å². The lowest BCUT2D eigenvalue weighted by Gasteiger charge is -2.30. The minimum atomic E-state index is -0.145. The Kier molecular flexibility index (Phi) is 6.25. The van der Waals surface area contributed by atoms with Gasteiger partial charge in [0.15, 0.2) is 0 Å². The topological polar surface area (TPSA) is 72.2 Å². The van der Waals surface area contributed by atoms with Gasteiger partial charge in [-0.15, -0.1) is 12.4 Å². The normalized spacial score (nSPS) is 19.8. The molecule has 0 bridgehead atoms. The van der Waals surface area contributed by atoms with Gasteiger partial charge in [-0.1, -0.05) is 6.07 Å². The Morgan fingerprint density at radius 3 is 2.79 bits per heavy atom. The summed E-state index contributed by atoms with van der Waals surface area (Å²) in [5, 5.41) is 3.41. The Morgan fingerprint density at radius 2 is 2.07 bits per heavy atom. The van der Waals surface area contributed by atoms with E-state index in [2.05, 4.69) is 21.8 Å². The third kappa shape index (κ3) is 4.00. The fraction of sp³-hybridized carbons (Fsp3) is 0.550. The highest BCUT2D eigenvalue weighted by Crippen LogP contribution is 2.56. The van der Waals surface area contributed by atoms with Crippen LogP contribution in [-0.2, 0) is 24.4 Å². The summed E-state index contributed by atoms with van der Waals surface area (Å²) >= 11 is 0. The Labute approximate surface area is 171 Å². The maximum atomic E-state index is 13.2. The van der Waals surface area contributed by atoms with Crippen molar-refractivity contribution >= 4 is 18.3 Å². The summed E-state index contributed by atoms with van der Waals surface area (Å²) in [7, 11) is 0. The average molecular weight is 406 g/mol. The summed E-state index contributed by atoms with van der Waals surface area (Å²) in [5.74, 6) is 0.900. The zero-order chi connectivity index (χ0) is 18.9. The second-order valence-corrected chi connectivity index (χ2v) is 7.65. The smallest absolute Gasteiger partial charge is 0.250 e. The molecule has 8 heteroatoms. The molecule has 1 saturated heterocycles. The Hall–Kier alpha value is -2.12. The number of halogens is 1. The van der Waals surface area contributed by atoms with Crippen LogP contribution in [0.2, 0.25) is 0 Å². The zero-order valence-electron chi connectivity index (χ0n) is 16.2. The number of carbonyl (C=O) groups excluding carboxylic acids is 1. The average Bonchev–Trinajstić information content (AvgIpc) is 3.15. The van der Waals surface area contributed by atoms with E-state index in [1.54, 1.807) is 24.5 Å². The molecule has 152 valence electrons. The van der Waals surface area contributed by atoms with Crippen molar-refractivity contribution in [3.63, 3.8) is 0 Å². The highest BCUT2D eigenvalue weighted by Gasteiger charge is 2.57. The molecule has 1 unspecified atom stereocenters. The van der Waals surface area contributed by atoms with Crippen molar-refractivity contribution in [2.24, 2.45) is 5.41 Å². The standard InChI is InChI=1S/C20H27N5O2.ClH/c1-2-23-12-10-22-17(23)14-25(16-13-20(16)6-8-21-9-7-20)19(27)15-24-11-4-3-5-18(24)26;/h3-5,10-12,16,21H,2,6-9,13-15H2,1H3;1H. The SMILES string of the molecule is CCn1ccnc1CN(C(=O)Cn1ccccc1=O)C1CC12CCNCC2.Cl. The summed E-state index contributed by atoms with van der Waals surface area (Å²) in [6, 6.07) is 5.22. The molecule has 0 aromatic carbocycles. The van der Waals surface area contributed by atoms with Crippen molar-refractivity contribution in [3.05, 3.63) is 53.0 Å². The molecule has 4 rings (SSSR count). The van der Waals surface area contributed by atoms with Crippen LogP contribution in [0.3, 0.4) is 0 Å². The molecule has 1 saturated carbocycles. The first-order valence-electron chi connectivity index (χ1n) is 9.79. The van der Waals surface area contributed by atoms with E-state index in [0.717, 1.165) is 44.7 Å². The molecule has 2 fully saturated rings. The van der Waals surface area contributed by atoms with E-state index in [-0.39, 0.29) is 41.9 Å². The number of aryl methyl sites for hydroxylation is 1. The quantitative estimate of drug-likeness (QED) is 0.793. The van der Waals surface area contributed by atoms with Gasteiger partial charge in [-0.05, 0) is 50.8 Å². The second-order valence-electron chi connectivity index (χ2n) is 7.65. The molecule has 0 radical (unpaired) electrons. The van der Waals surface area contributed by atoms with Crippen LogP contribution in [0.4, 0.5) is 0 Å². The molecule has 2 aromatic rings. The van der Waals surface area contributed by atoms with Crippen LogP contribution in [0.1, 0.15) is 32.0 Å². The Morgan fingerprint density at radius 1 is 1.29 bits per heavy atom. The molecule has 2 aromatic heterocycles. The minimum Gasteiger partial charge on any atom is -0.334 e. The maximum Gasteiger partial charge on any atom is 0.250 e. The van der Waals surface area contributed by atoms with Crippen LogP contribution in [0.15, 0.2) is 41.6 Å². The summed E-state index contributed by atoms with van der Waals surface area (Å²) in [4.78, 5) is 31.7. The van der Waals surface area contributed by atoms with Gasteiger partial charge in [0.1, 0.15) is 12.4 Å². The van der Waals surface area contributed by atoms with Gasteiger partial charge in [0.2, 0.25) is 5.91 Å². The molecule has 3 heterocycles. The van der Waals surface area contributed by atoms with Gasteiger partial charge in [0.25, 0.3) is 5.56 Å². The molecule has 1 spiro atoms. The molecule has 1 atom stereocenters. The van der Waals surface area contributed by atoms with E-state index in [4.69, 9.17) is 0 Å². The van der Waals surface area contributed by atoms with Gasteiger partial charge in [-0.3, -0.25) is 9.59 Å². The maximum absolute atomic E-state index is 13.2. The predicted octanol–water partition coefficient (Wildman–Crippen LogP) is 1.66. The van der Waals surface area contributed by atoms with Crippen LogP contribution < -0.4 is 10.9 Å². The van der Waals surface area contributed by atoms with Crippen LogP contribution in [0, 0.1) is 5.41 Å². The number of amides is 1. The van der Waals surface area contributed by atoms with E-state index < -0.39 is 0 Å². The van der Waals surface area contributed by atoms with Crippen LogP contribution in [0.25, 0.3) is 0 Å². The number of pyridine rings is 1. The number of nitrogens with zero attached hydrogens (tertiary/aromatic N) is 4. The fourth-order valence-electron chi connectivity index (χ4n) is 4.36. The Balaban J connectivity index is 0.00000225. The summed E-state index contributed by atoms with van der Waals surface area (Å²) in [6.07, 6.45) is 8.68. The van der Waals surface area contributed by atoms with Crippen LogP contribution >= 0.6 is 12.4 Å². The molecular formula is C20H28ClN5O2. The number of nitrogens with one attached hydrogen (secondary N) is 1. The highest BCUT2D eigenvalue weighted by molar-refractivity contribution is 5.85. The van der Waals surface area contributed by atoms with Crippen molar-refractivity contribution in [1.29, 1.82) is 0 Å². The van der Waals surface area contributed by atoms with Crippen molar-refractivity contribution in [2.45, 2.75) is 51.9 Å². The molecule has 28 heavy (non-hydrogen) atoms. The van der Waals surface area contributed by atoms with E-state index in [0.29, 0.717) is 6.54 Å². The van der Waals surface area contributed by atoms with Crippen molar-refractivity contribution in [1.82, 2.24) is 24.3 Å². The number of aromatic nitrogens is 3. The second kappa shape index (κ2) is 8.49. The lowest BCUT2D eigenvalue weighted by molar-refractivity contribution is -0.134. The first kappa shape index (κ1) is 20.6. The van der Waals surface area contributed by atoms with E-state index in [1.165, 1.54) is 10.6 Å². The van der Waals surface area contributed by atoms with Gasteiger partial charge in [-0.25, -0.2) is 4.98 Å². The third-order valence-corrected chi connectivity index (χ3v) is 6.10. The molecule has 1 amide bonds. The minimum absolute atomic E-state index is 0. The number of hydrogen-bond donors (Lipinski definition) is 1. The van der Waals surface area contributed by atoms with E-state index in [9.17, 15) is 9.59 Å². The van der Waals surface area contributed by atoms with Gasteiger partial charge in [-0.2, -0.15) is 0 Å². The summed E-state index contributed by atoms with van der Waals surface area (Å²) in [5.41, 5.74) is 0.0971. The fourth-order valence-corrected chi connectivity index (χ4v) is 4.36. The number of rotatable bonds is 6. The van der Waals surface area contributed by atoms with Gasteiger partial charge < -0.3 is 19.4 Å². The summed E-state index contributed by atoms with van der Waals surface area (Å²) < 4.78 is 3.56. The van der Waals surface area contributed by atoms with Crippen molar-refractivity contribution in [2.75, 3.05) is 13.1 Å². The summed E-state index contributed by atoms with van der Waals surface area (Å²) in [6.45, 7) is 5.51. The highest BCUT2D eigenvalue weighted by atomic mass is 35.5. The lowest BCUT2D eigenvalue weighted by Crippen LogP contribution is -2.42. The number of imidazole rings is 1. The lowest BCUT2D eigenvalue weighted by atomic mass is 9.93. The van der Waals surface area contributed by atoms with Gasteiger partial charge in [0.05, 0.1) is 6.54 Å². The Bertz CT molecular complexity index is 871. The molecule has 7 nitrogen and oxygen atoms in total. The number of piperidine rings is 1.